The molecule has 36 heavy (non-hydrogen) atoms. The van der Waals surface area contributed by atoms with Crippen molar-refractivity contribution in [1.82, 2.24) is 24.9 Å². The molecule has 4 heterocycles. The maximum Gasteiger partial charge on any atom is 0.248 e. The SMILES string of the molecule is COc1ccc(Cc2ccc(C(=O)c3c[nH]c4ncnc(NC5CCC(F)(F)CC5)c34)c(F)n2)cn1. The number of hydrogen-bond donors (Lipinski definition) is 2. The van der Waals surface area contributed by atoms with Crippen LogP contribution < -0.4 is 10.1 Å². The molecular formula is C25H23F3N6O2. The third-order valence-electron chi connectivity index (χ3n) is 6.32. The smallest absolute Gasteiger partial charge is 0.248 e. The van der Waals surface area contributed by atoms with Crippen molar-refractivity contribution in [2.24, 2.45) is 0 Å². The van der Waals surface area contributed by atoms with E-state index in [-0.39, 0.29) is 42.9 Å². The van der Waals surface area contributed by atoms with Gasteiger partial charge in [0, 0.05) is 49.5 Å². The molecule has 0 amide bonds. The second-order valence-corrected chi connectivity index (χ2v) is 8.78. The average molecular weight is 496 g/mol. The zero-order chi connectivity index (χ0) is 25.3. The molecule has 1 saturated carbocycles. The van der Waals surface area contributed by atoms with Crippen LogP contribution in [0, 0.1) is 5.95 Å². The molecule has 1 aliphatic rings. The molecule has 4 aromatic heterocycles. The lowest BCUT2D eigenvalue weighted by Crippen LogP contribution is -2.32. The Morgan fingerprint density at radius 2 is 1.94 bits per heavy atom. The number of aromatic amines is 1. The average Bonchev–Trinajstić information content (AvgIpc) is 3.31. The first kappa shape index (κ1) is 23.7. The molecule has 0 radical (unpaired) electrons. The van der Waals surface area contributed by atoms with Gasteiger partial charge in [0.05, 0.1) is 23.6 Å². The molecular weight excluding hydrogens is 473 g/mol. The fraction of sp³-hybridized carbons (Fsp3) is 0.320. The van der Waals surface area contributed by atoms with Crippen LogP contribution in [-0.2, 0) is 6.42 Å². The van der Waals surface area contributed by atoms with Crippen LogP contribution in [0.3, 0.4) is 0 Å². The Balaban J connectivity index is 1.38. The van der Waals surface area contributed by atoms with E-state index >= 15 is 0 Å². The highest BCUT2D eigenvalue weighted by Crippen LogP contribution is 2.35. The maximum absolute atomic E-state index is 15.0. The number of pyridine rings is 2. The van der Waals surface area contributed by atoms with E-state index in [4.69, 9.17) is 4.74 Å². The van der Waals surface area contributed by atoms with Crippen LogP contribution in [0.25, 0.3) is 11.0 Å². The Kier molecular flexibility index (Phi) is 6.29. The van der Waals surface area contributed by atoms with E-state index in [1.807, 2.05) is 0 Å². The summed E-state index contributed by atoms with van der Waals surface area (Å²) in [5, 5.41) is 3.55. The minimum absolute atomic E-state index is 0.169. The fourth-order valence-corrected chi connectivity index (χ4v) is 4.36. The highest BCUT2D eigenvalue weighted by Gasteiger charge is 2.35. The minimum atomic E-state index is -2.66. The number of carbonyl (C=O) groups is 1. The molecule has 0 saturated heterocycles. The van der Waals surface area contributed by atoms with Gasteiger partial charge in [0.15, 0.2) is 5.78 Å². The monoisotopic (exact) mass is 496 g/mol. The van der Waals surface area contributed by atoms with Crippen molar-refractivity contribution >= 4 is 22.6 Å². The fourth-order valence-electron chi connectivity index (χ4n) is 4.36. The Labute approximate surface area is 204 Å². The number of rotatable bonds is 7. The number of carbonyl (C=O) groups excluding carboxylic acids is 1. The second-order valence-electron chi connectivity index (χ2n) is 8.78. The van der Waals surface area contributed by atoms with Crippen LogP contribution in [0.5, 0.6) is 5.88 Å². The number of alkyl halides is 2. The van der Waals surface area contributed by atoms with Crippen LogP contribution >= 0.6 is 0 Å². The number of ether oxygens (including phenoxy) is 1. The molecule has 2 N–H and O–H groups in total. The van der Waals surface area contributed by atoms with Crippen LogP contribution in [0.2, 0.25) is 0 Å². The largest absolute Gasteiger partial charge is 0.481 e. The Morgan fingerprint density at radius 1 is 1.14 bits per heavy atom. The predicted octanol–water partition coefficient (Wildman–Crippen LogP) is 4.71. The third kappa shape index (κ3) is 4.86. The second kappa shape index (κ2) is 9.56. The summed E-state index contributed by atoms with van der Waals surface area (Å²) in [5.74, 6) is -3.32. The summed E-state index contributed by atoms with van der Waals surface area (Å²) in [5.41, 5.74) is 1.61. The van der Waals surface area contributed by atoms with Gasteiger partial charge >= 0.3 is 0 Å². The van der Waals surface area contributed by atoms with Crippen molar-refractivity contribution in [3.05, 3.63) is 71.3 Å². The number of anilines is 1. The molecule has 8 nitrogen and oxygen atoms in total. The number of methoxy groups -OCH3 is 1. The van der Waals surface area contributed by atoms with Crippen molar-refractivity contribution in [1.29, 1.82) is 0 Å². The van der Waals surface area contributed by atoms with E-state index in [0.29, 0.717) is 34.8 Å². The third-order valence-corrected chi connectivity index (χ3v) is 6.32. The van der Waals surface area contributed by atoms with Gasteiger partial charge in [-0.15, -0.1) is 0 Å². The first-order chi connectivity index (χ1) is 17.3. The Hall–Kier alpha value is -4.02. The van der Waals surface area contributed by atoms with Crippen LogP contribution in [0.15, 0.2) is 43.0 Å². The van der Waals surface area contributed by atoms with Gasteiger partial charge in [-0.3, -0.25) is 4.79 Å². The number of fused-ring (bicyclic) bond motifs is 1. The Bertz CT molecular complexity index is 1400. The number of nitrogens with zero attached hydrogens (tertiary/aromatic N) is 4. The topological polar surface area (TPSA) is 106 Å². The molecule has 11 heteroatoms. The molecule has 1 aliphatic carbocycles. The van der Waals surface area contributed by atoms with E-state index in [2.05, 4.69) is 30.2 Å². The standard InChI is InChI=1S/C25H23F3N6O2/c1-36-19-5-2-14(11-29-19)10-16-3-4-17(22(26)33-16)21(35)18-12-30-23-20(18)24(32-13-31-23)34-15-6-8-25(27,28)9-7-15/h2-5,11-13,15H,6-10H2,1H3,(H2,30,31,32,34). The van der Waals surface area contributed by atoms with Crippen molar-refractivity contribution in [2.45, 2.75) is 44.1 Å². The quantitative estimate of drug-likeness (QED) is 0.282. The lowest BCUT2D eigenvalue weighted by Gasteiger charge is -2.29. The summed E-state index contributed by atoms with van der Waals surface area (Å²) in [6.07, 6.45) is 4.83. The summed E-state index contributed by atoms with van der Waals surface area (Å²) >= 11 is 0. The van der Waals surface area contributed by atoms with Gasteiger partial charge in [0.2, 0.25) is 17.8 Å². The summed E-state index contributed by atoms with van der Waals surface area (Å²) in [6.45, 7) is 0. The van der Waals surface area contributed by atoms with E-state index in [9.17, 15) is 18.0 Å². The maximum atomic E-state index is 15.0. The molecule has 0 spiro atoms. The highest BCUT2D eigenvalue weighted by atomic mass is 19.3. The molecule has 1 fully saturated rings. The molecule has 0 unspecified atom stereocenters. The molecule has 4 aromatic rings. The first-order valence-electron chi connectivity index (χ1n) is 11.5. The van der Waals surface area contributed by atoms with Crippen LogP contribution in [-0.4, -0.2) is 49.8 Å². The zero-order valence-electron chi connectivity index (χ0n) is 19.4. The normalized spacial score (nSPS) is 15.7. The number of nitrogens with one attached hydrogen (secondary N) is 2. The van der Waals surface area contributed by atoms with Crippen molar-refractivity contribution in [3.63, 3.8) is 0 Å². The van der Waals surface area contributed by atoms with E-state index in [0.717, 1.165) is 5.56 Å². The van der Waals surface area contributed by atoms with Crippen molar-refractivity contribution in [2.75, 3.05) is 12.4 Å². The summed E-state index contributed by atoms with van der Waals surface area (Å²) in [7, 11) is 1.52. The molecule has 0 aliphatic heterocycles. The van der Waals surface area contributed by atoms with Gasteiger partial charge in [-0.1, -0.05) is 6.07 Å². The van der Waals surface area contributed by atoms with Gasteiger partial charge in [0.25, 0.3) is 0 Å². The first-order valence-corrected chi connectivity index (χ1v) is 11.5. The van der Waals surface area contributed by atoms with Gasteiger partial charge in [-0.2, -0.15) is 4.39 Å². The number of aromatic nitrogens is 5. The summed E-state index contributed by atoms with van der Waals surface area (Å²) in [4.78, 5) is 32.7. The van der Waals surface area contributed by atoms with Gasteiger partial charge in [-0.25, -0.2) is 28.7 Å². The number of H-pyrrole nitrogens is 1. The zero-order valence-corrected chi connectivity index (χ0v) is 19.4. The number of halogens is 3. The van der Waals surface area contributed by atoms with Gasteiger partial charge in [-0.05, 0) is 30.5 Å². The van der Waals surface area contributed by atoms with E-state index in [1.54, 1.807) is 24.4 Å². The van der Waals surface area contributed by atoms with Crippen LogP contribution in [0.1, 0.15) is 52.9 Å². The molecule has 0 aromatic carbocycles. The summed E-state index contributed by atoms with van der Waals surface area (Å²) in [6, 6.07) is 6.28. The van der Waals surface area contributed by atoms with Gasteiger partial charge < -0.3 is 15.0 Å². The molecule has 0 atom stereocenters. The highest BCUT2D eigenvalue weighted by molar-refractivity contribution is 6.18. The van der Waals surface area contributed by atoms with Crippen LogP contribution in [0.4, 0.5) is 19.0 Å². The molecule has 186 valence electrons. The van der Waals surface area contributed by atoms with E-state index in [1.165, 1.54) is 25.7 Å². The molecule has 0 bridgehead atoms. The number of ketones is 1. The van der Waals surface area contributed by atoms with Crippen molar-refractivity contribution in [3.8, 4) is 5.88 Å². The Morgan fingerprint density at radius 3 is 2.64 bits per heavy atom. The minimum Gasteiger partial charge on any atom is -0.481 e. The lowest BCUT2D eigenvalue weighted by molar-refractivity contribution is -0.0361. The van der Waals surface area contributed by atoms with Gasteiger partial charge in [0.1, 0.15) is 17.8 Å². The summed E-state index contributed by atoms with van der Waals surface area (Å²) < 4.78 is 47.1. The number of hydrogen-bond acceptors (Lipinski definition) is 7. The van der Waals surface area contributed by atoms with Crippen molar-refractivity contribution < 1.29 is 22.7 Å². The molecule has 5 rings (SSSR count). The van der Waals surface area contributed by atoms with E-state index < -0.39 is 17.7 Å². The lowest BCUT2D eigenvalue weighted by atomic mass is 9.92. The predicted molar refractivity (Wildman–Crippen MR) is 126 cm³/mol.